The van der Waals surface area contributed by atoms with E-state index in [1.165, 1.54) is 47.6 Å². The predicted octanol–water partition coefficient (Wildman–Crippen LogP) is 5.59. The first-order valence-corrected chi connectivity index (χ1v) is 15.4. The number of aromatic nitrogens is 5. The monoisotopic (exact) mass is 658 g/mol. The maximum atomic E-state index is 14.7. The molecule has 3 heterocycles. The summed E-state index contributed by atoms with van der Waals surface area (Å²) in [5.41, 5.74) is 4.37. The molecule has 11 nitrogen and oxygen atoms in total. The number of aryl methyl sites for hydroxylation is 1. The summed E-state index contributed by atoms with van der Waals surface area (Å²) in [6.07, 6.45) is 3.25. The SMILES string of the molecule is COc1cc(-n2cc(CN3C(=O)/C(=C/c4nc5ccccc5c(=O)n4Cc4ccc(C)cc4)c4cc(F)ccc43)nn2)cc(OC)c1OC. The van der Waals surface area contributed by atoms with Crippen molar-refractivity contribution in [2.24, 2.45) is 0 Å². The lowest BCUT2D eigenvalue weighted by molar-refractivity contribution is -0.113. The van der Waals surface area contributed by atoms with Crippen LogP contribution in [0.2, 0.25) is 0 Å². The normalized spacial score (nSPS) is 13.3. The van der Waals surface area contributed by atoms with Crippen molar-refractivity contribution in [2.75, 3.05) is 26.2 Å². The molecule has 0 N–H and O–H groups in total. The molecule has 0 bridgehead atoms. The molecule has 2 aromatic heterocycles. The van der Waals surface area contributed by atoms with Gasteiger partial charge in [0, 0.05) is 17.7 Å². The molecule has 0 unspecified atom stereocenters. The number of anilines is 1. The maximum Gasteiger partial charge on any atom is 0.261 e. The fourth-order valence-corrected chi connectivity index (χ4v) is 5.94. The van der Waals surface area contributed by atoms with Crippen LogP contribution >= 0.6 is 0 Å². The number of para-hydroxylation sites is 1. The first-order chi connectivity index (χ1) is 23.8. The Hall–Kier alpha value is -6.30. The zero-order valence-corrected chi connectivity index (χ0v) is 27.2. The Labute approximate surface area is 280 Å². The van der Waals surface area contributed by atoms with E-state index in [0.717, 1.165) is 11.1 Å². The summed E-state index contributed by atoms with van der Waals surface area (Å²) in [4.78, 5) is 34.3. The number of ether oxygens (including phenoxy) is 3. The van der Waals surface area contributed by atoms with Gasteiger partial charge in [0.25, 0.3) is 11.5 Å². The molecule has 246 valence electrons. The average molecular weight is 659 g/mol. The van der Waals surface area contributed by atoms with Crippen molar-refractivity contribution in [1.82, 2.24) is 24.5 Å². The van der Waals surface area contributed by atoms with Gasteiger partial charge in [-0.1, -0.05) is 47.2 Å². The van der Waals surface area contributed by atoms with Gasteiger partial charge in [-0.2, -0.15) is 0 Å². The van der Waals surface area contributed by atoms with E-state index in [2.05, 4.69) is 10.3 Å². The van der Waals surface area contributed by atoms with Crippen LogP contribution in [0.4, 0.5) is 10.1 Å². The minimum absolute atomic E-state index is 0.0422. The number of halogens is 1. The summed E-state index contributed by atoms with van der Waals surface area (Å²) < 4.78 is 34.2. The Morgan fingerprint density at radius 1 is 0.857 bits per heavy atom. The average Bonchev–Trinajstić information content (AvgIpc) is 3.68. The molecule has 0 radical (unpaired) electrons. The van der Waals surface area contributed by atoms with E-state index in [1.54, 1.807) is 54.7 Å². The first kappa shape index (κ1) is 31.3. The topological polar surface area (TPSA) is 114 Å². The Morgan fingerprint density at radius 3 is 2.31 bits per heavy atom. The number of amides is 1. The van der Waals surface area contributed by atoms with E-state index in [0.29, 0.717) is 50.8 Å². The molecule has 0 saturated heterocycles. The Balaban J connectivity index is 1.28. The Bertz CT molecular complexity index is 2300. The third-order valence-corrected chi connectivity index (χ3v) is 8.42. The molecule has 0 aliphatic carbocycles. The van der Waals surface area contributed by atoms with E-state index < -0.39 is 11.7 Å². The van der Waals surface area contributed by atoms with Crippen LogP contribution in [0.3, 0.4) is 0 Å². The van der Waals surface area contributed by atoms with Gasteiger partial charge in [-0.25, -0.2) is 14.1 Å². The van der Waals surface area contributed by atoms with E-state index >= 15 is 0 Å². The lowest BCUT2D eigenvalue weighted by atomic mass is 10.1. The number of carbonyl (C=O) groups is 1. The van der Waals surface area contributed by atoms with Crippen molar-refractivity contribution in [3.05, 3.63) is 129 Å². The van der Waals surface area contributed by atoms with Crippen LogP contribution in [0, 0.1) is 12.7 Å². The van der Waals surface area contributed by atoms with Crippen molar-refractivity contribution in [2.45, 2.75) is 20.0 Å². The van der Waals surface area contributed by atoms with Crippen LogP contribution < -0.4 is 24.7 Å². The van der Waals surface area contributed by atoms with Gasteiger partial charge in [0.05, 0.1) is 68.5 Å². The highest BCUT2D eigenvalue weighted by Crippen LogP contribution is 2.40. The van der Waals surface area contributed by atoms with E-state index in [1.807, 2.05) is 31.2 Å². The van der Waals surface area contributed by atoms with Gasteiger partial charge in [0.15, 0.2) is 11.5 Å². The second kappa shape index (κ2) is 12.7. The zero-order chi connectivity index (χ0) is 34.2. The molecule has 6 aromatic rings. The molecule has 0 spiro atoms. The van der Waals surface area contributed by atoms with Crippen LogP contribution in [0.5, 0.6) is 17.2 Å². The molecule has 0 atom stereocenters. The van der Waals surface area contributed by atoms with E-state index in [4.69, 9.17) is 19.2 Å². The quantitative estimate of drug-likeness (QED) is 0.185. The lowest BCUT2D eigenvalue weighted by Crippen LogP contribution is -2.27. The fourth-order valence-electron chi connectivity index (χ4n) is 5.94. The Kier molecular flexibility index (Phi) is 8.13. The van der Waals surface area contributed by atoms with Crippen LogP contribution in [0.15, 0.2) is 89.9 Å². The number of carbonyl (C=O) groups excluding carboxylic acids is 1. The minimum Gasteiger partial charge on any atom is -0.493 e. The standard InChI is InChI=1S/C37H31FN6O5/c1-22-9-11-23(12-10-22)19-43-34(39-30-8-6-5-7-27(30)36(43)45)18-29-28-15-24(38)13-14-31(28)42(37(29)46)20-25-21-44(41-40-25)26-16-32(47-2)35(49-4)33(17-26)48-3/h5-18,21H,19-20H2,1-4H3/b29-18+. The molecule has 1 amide bonds. The van der Waals surface area contributed by atoms with Gasteiger partial charge in [0.1, 0.15) is 17.3 Å². The van der Waals surface area contributed by atoms with Crippen LogP contribution in [-0.4, -0.2) is 51.8 Å². The molecule has 0 saturated carbocycles. The van der Waals surface area contributed by atoms with Crippen molar-refractivity contribution < 1.29 is 23.4 Å². The van der Waals surface area contributed by atoms with Gasteiger partial charge in [-0.15, -0.1) is 5.10 Å². The first-order valence-electron chi connectivity index (χ1n) is 15.4. The summed E-state index contributed by atoms with van der Waals surface area (Å²) >= 11 is 0. The Morgan fingerprint density at radius 2 is 1.59 bits per heavy atom. The number of rotatable bonds is 9. The lowest BCUT2D eigenvalue weighted by Gasteiger charge is -2.15. The van der Waals surface area contributed by atoms with E-state index in [9.17, 15) is 14.0 Å². The number of fused-ring (bicyclic) bond motifs is 2. The van der Waals surface area contributed by atoms with Gasteiger partial charge in [0.2, 0.25) is 5.75 Å². The summed E-state index contributed by atoms with van der Waals surface area (Å²) in [6, 6.07) is 22.5. The van der Waals surface area contributed by atoms with Crippen molar-refractivity contribution >= 4 is 34.1 Å². The molecule has 4 aromatic carbocycles. The summed E-state index contributed by atoms with van der Waals surface area (Å²) in [7, 11) is 4.56. The number of hydrogen-bond donors (Lipinski definition) is 0. The molecule has 12 heteroatoms. The number of benzene rings is 4. The van der Waals surface area contributed by atoms with Crippen LogP contribution in [0.1, 0.15) is 28.2 Å². The zero-order valence-electron chi connectivity index (χ0n) is 27.2. The van der Waals surface area contributed by atoms with Crippen molar-refractivity contribution in [3.8, 4) is 22.9 Å². The van der Waals surface area contributed by atoms with Gasteiger partial charge < -0.3 is 19.1 Å². The van der Waals surface area contributed by atoms with Gasteiger partial charge in [-0.05, 0) is 48.9 Å². The van der Waals surface area contributed by atoms with Gasteiger partial charge >= 0.3 is 0 Å². The molecule has 7 rings (SSSR count). The van der Waals surface area contributed by atoms with Gasteiger partial charge in [-0.3, -0.25) is 14.2 Å². The largest absolute Gasteiger partial charge is 0.493 e. The highest BCUT2D eigenvalue weighted by molar-refractivity contribution is 6.35. The summed E-state index contributed by atoms with van der Waals surface area (Å²) in [6.45, 7) is 2.26. The third-order valence-electron chi connectivity index (χ3n) is 8.42. The highest BCUT2D eigenvalue weighted by atomic mass is 19.1. The second-order valence-corrected chi connectivity index (χ2v) is 11.5. The fraction of sp³-hybridized carbons (Fsp3) is 0.162. The van der Waals surface area contributed by atoms with Crippen LogP contribution in [-0.2, 0) is 17.9 Å². The van der Waals surface area contributed by atoms with Crippen molar-refractivity contribution in [3.63, 3.8) is 0 Å². The van der Waals surface area contributed by atoms with Crippen molar-refractivity contribution in [1.29, 1.82) is 0 Å². The molecule has 49 heavy (non-hydrogen) atoms. The summed E-state index contributed by atoms with van der Waals surface area (Å²) in [5.74, 6) is 0.696. The molecule has 0 fully saturated rings. The van der Waals surface area contributed by atoms with E-state index in [-0.39, 0.29) is 30.0 Å². The molecular formula is C37H31FN6O5. The maximum absolute atomic E-state index is 14.7. The smallest absolute Gasteiger partial charge is 0.261 e. The molecular weight excluding hydrogens is 627 g/mol. The molecule has 1 aliphatic heterocycles. The summed E-state index contributed by atoms with van der Waals surface area (Å²) in [5, 5.41) is 9.03. The second-order valence-electron chi connectivity index (χ2n) is 11.5. The predicted molar refractivity (Wildman–Crippen MR) is 183 cm³/mol. The number of hydrogen-bond acceptors (Lipinski definition) is 8. The van der Waals surface area contributed by atoms with Crippen LogP contribution in [0.25, 0.3) is 28.2 Å². The molecule has 1 aliphatic rings. The third kappa shape index (κ3) is 5.77. The number of methoxy groups -OCH3 is 3. The number of nitrogens with zero attached hydrogens (tertiary/aromatic N) is 6. The highest BCUT2D eigenvalue weighted by Gasteiger charge is 2.34. The minimum atomic E-state index is -0.504.